The molecule has 2 aromatic carbocycles. The van der Waals surface area contributed by atoms with Gasteiger partial charge in [0.1, 0.15) is 17.3 Å². The molecule has 0 amide bonds. The highest BCUT2D eigenvalue weighted by molar-refractivity contribution is 6.26. The second-order valence-electron chi connectivity index (χ2n) is 5.43. The molecule has 118 valence electrons. The Morgan fingerprint density at radius 1 is 0.917 bits per heavy atom. The second-order valence-corrected chi connectivity index (χ2v) is 5.43. The summed E-state index contributed by atoms with van der Waals surface area (Å²) in [4.78, 5) is 25.1. The van der Waals surface area contributed by atoms with Crippen LogP contribution in [0, 0.1) is 11.6 Å². The van der Waals surface area contributed by atoms with E-state index in [2.05, 4.69) is 10.3 Å². The Hall–Kier alpha value is -3.22. The molecule has 0 fully saturated rings. The molecule has 24 heavy (non-hydrogen) atoms. The van der Waals surface area contributed by atoms with Gasteiger partial charge in [0.05, 0.1) is 6.54 Å². The van der Waals surface area contributed by atoms with Gasteiger partial charge in [0.2, 0.25) is 11.6 Å². The van der Waals surface area contributed by atoms with Gasteiger partial charge in [-0.3, -0.25) is 9.59 Å². The summed E-state index contributed by atoms with van der Waals surface area (Å²) in [5, 5.41) is 7.60. The molecule has 5 nitrogen and oxygen atoms in total. The molecule has 7 heteroatoms. The summed E-state index contributed by atoms with van der Waals surface area (Å²) in [6.45, 7) is -0.0712. The summed E-state index contributed by atoms with van der Waals surface area (Å²) in [5.41, 5.74) is 0.807. The average Bonchev–Trinajstić information content (AvgIpc) is 2.96. The van der Waals surface area contributed by atoms with Gasteiger partial charge in [-0.2, -0.15) is 0 Å². The Balaban J connectivity index is 1.80. The minimum atomic E-state index is -0.730. The summed E-state index contributed by atoms with van der Waals surface area (Å²) < 4.78 is 27.8. The van der Waals surface area contributed by atoms with Crippen molar-refractivity contribution in [1.82, 2.24) is 15.0 Å². The number of rotatable bonds is 2. The van der Waals surface area contributed by atoms with Gasteiger partial charge in [-0.25, -0.2) is 13.5 Å². The van der Waals surface area contributed by atoms with Gasteiger partial charge in [0.15, 0.2) is 5.69 Å². The van der Waals surface area contributed by atoms with Crippen LogP contribution in [0.15, 0.2) is 42.5 Å². The molecule has 0 saturated carbocycles. The minimum absolute atomic E-state index is 0.0309. The maximum Gasteiger partial charge on any atom is 0.216 e. The third-order valence-corrected chi connectivity index (χ3v) is 3.84. The number of hydrogen-bond acceptors (Lipinski definition) is 4. The number of carbonyl (C=O) groups excluding carboxylic acids is 2. The van der Waals surface area contributed by atoms with Crippen molar-refractivity contribution in [3.8, 4) is 0 Å². The van der Waals surface area contributed by atoms with E-state index in [1.165, 1.54) is 4.68 Å². The van der Waals surface area contributed by atoms with E-state index in [0.717, 1.165) is 18.2 Å². The number of fused-ring (bicyclic) bond motifs is 2. The van der Waals surface area contributed by atoms with Crippen LogP contribution in [0.3, 0.4) is 0 Å². The minimum Gasteiger partial charge on any atom is -0.287 e. The van der Waals surface area contributed by atoms with E-state index in [1.807, 2.05) is 0 Å². The molecule has 3 aromatic rings. The fourth-order valence-electron chi connectivity index (χ4n) is 2.81. The number of nitrogens with zero attached hydrogens (tertiary/aromatic N) is 3. The third-order valence-electron chi connectivity index (χ3n) is 3.84. The van der Waals surface area contributed by atoms with Crippen LogP contribution >= 0.6 is 0 Å². The van der Waals surface area contributed by atoms with E-state index < -0.39 is 17.4 Å². The van der Waals surface area contributed by atoms with Gasteiger partial charge < -0.3 is 0 Å². The predicted molar refractivity (Wildman–Crippen MR) is 78.8 cm³/mol. The molecular formula is C17H9F2N3O2. The Morgan fingerprint density at radius 3 is 2.21 bits per heavy atom. The number of ketones is 2. The summed E-state index contributed by atoms with van der Waals surface area (Å²) in [7, 11) is 0. The lowest BCUT2D eigenvalue weighted by atomic mass is 9.90. The highest BCUT2D eigenvalue weighted by Gasteiger charge is 2.34. The average molecular weight is 325 g/mol. The standard InChI is InChI=1S/C17H9F2N3O2/c18-10-5-9(6-11(19)7-10)8-22-15-14(20-21-22)16(23)12-3-1-2-4-13(12)17(15)24/h1-7H,8H2. The Bertz CT molecular complexity index is 991. The molecule has 0 bridgehead atoms. The lowest BCUT2D eigenvalue weighted by Crippen LogP contribution is -2.23. The fourth-order valence-corrected chi connectivity index (χ4v) is 2.81. The molecule has 0 N–H and O–H groups in total. The fraction of sp³-hybridized carbons (Fsp3) is 0.0588. The van der Waals surface area contributed by atoms with Crippen LogP contribution in [-0.4, -0.2) is 26.6 Å². The zero-order valence-electron chi connectivity index (χ0n) is 12.2. The quantitative estimate of drug-likeness (QED) is 0.567. The molecule has 0 unspecified atom stereocenters. The molecular weight excluding hydrogens is 316 g/mol. The molecule has 0 aliphatic heterocycles. The lowest BCUT2D eigenvalue weighted by molar-refractivity contribution is 0.0971. The molecule has 1 aliphatic rings. The topological polar surface area (TPSA) is 64.8 Å². The summed E-state index contributed by atoms with van der Waals surface area (Å²) in [6.07, 6.45) is 0. The molecule has 0 spiro atoms. The Kier molecular flexibility index (Phi) is 3.09. The SMILES string of the molecule is O=C1c2ccccc2C(=O)c2c1nnn2Cc1cc(F)cc(F)c1. The number of benzene rings is 2. The van der Waals surface area contributed by atoms with Crippen molar-refractivity contribution in [2.24, 2.45) is 0 Å². The first-order valence-corrected chi connectivity index (χ1v) is 7.11. The van der Waals surface area contributed by atoms with E-state index in [9.17, 15) is 18.4 Å². The van der Waals surface area contributed by atoms with Crippen molar-refractivity contribution in [2.75, 3.05) is 0 Å². The number of carbonyl (C=O) groups is 2. The van der Waals surface area contributed by atoms with Gasteiger partial charge >= 0.3 is 0 Å². The van der Waals surface area contributed by atoms with Crippen LogP contribution in [0.5, 0.6) is 0 Å². The van der Waals surface area contributed by atoms with Crippen LogP contribution < -0.4 is 0 Å². The van der Waals surface area contributed by atoms with Crippen LogP contribution in [0.1, 0.15) is 37.7 Å². The Labute approximate surface area is 134 Å². The van der Waals surface area contributed by atoms with Crippen molar-refractivity contribution in [1.29, 1.82) is 0 Å². The summed E-state index contributed by atoms with van der Waals surface area (Å²) in [5.74, 6) is -2.24. The zero-order chi connectivity index (χ0) is 16.8. The monoisotopic (exact) mass is 325 g/mol. The summed E-state index contributed by atoms with van der Waals surface area (Å²) >= 11 is 0. The molecule has 0 saturated heterocycles. The second kappa shape index (κ2) is 5.16. The van der Waals surface area contributed by atoms with Crippen molar-refractivity contribution < 1.29 is 18.4 Å². The smallest absolute Gasteiger partial charge is 0.216 e. The molecule has 1 aliphatic carbocycles. The van der Waals surface area contributed by atoms with Crippen molar-refractivity contribution in [2.45, 2.75) is 6.54 Å². The first-order chi connectivity index (χ1) is 11.5. The first-order valence-electron chi connectivity index (χ1n) is 7.11. The number of hydrogen-bond donors (Lipinski definition) is 0. The third kappa shape index (κ3) is 2.13. The predicted octanol–water partition coefficient (Wildman–Crippen LogP) is 2.38. The normalized spacial score (nSPS) is 12.9. The van der Waals surface area contributed by atoms with E-state index in [0.29, 0.717) is 0 Å². The molecule has 1 heterocycles. The van der Waals surface area contributed by atoms with E-state index in [4.69, 9.17) is 0 Å². The van der Waals surface area contributed by atoms with Crippen LogP contribution in [0.4, 0.5) is 8.78 Å². The van der Waals surface area contributed by atoms with Gasteiger partial charge in [-0.05, 0) is 17.7 Å². The van der Waals surface area contributed by atoms with E-state index >= 15 is 0 Å². The summed E-state index contributed by atoms with van der Waals surface area (Å²) in [6, 6.07) is 9.46. The van der Waals surface area contributed by atoms with Crippen LogP contribution in [0.2, 0.25) is 0 Å². The maximum atomic E-state index is 13.3. The molecule has 0 radical (unpaired) electrons. The van der Waals surface area contributed by atoms with Crippen LogP contribution in [-0.2, 0) is 6.54 Å². The van der Waals surface area contributed by atoms with Gasteiger partial charge in [0.25, 0.3) is 0 Å². The van der Waals surface area contributed by atoms with E-state index in [-0.39, 0.29) is 40.4 Å². The van der Waals surface area contributed by atoms with Crippen molar-refractivity contribution >= 4 is 11.6 Å². The molecule has 0 atom stereocenters. The maximum absolute atomic E-state index is 13.3. The zero-order valence-corrected chi connectivity index (χ0v) is 12.2. The first kappa shape index (κ1) is 14.4. The van der Waals surface area contributed by atoms with Crippen molar-refractivity contribution in [3.63, 3.8) is 0 Å². The Morgan fingerprint density at radius 2 is 1.54 bits per heavy atom. The lowest BCUT2D eigenvalue weighted by Gasteiger charge is -2.14. The van der Waals surface area contributed by atoms with E-state index in [1.54, 1.807) is 24.3 Å². The number of aromatic nitrogens is 3. The van der Waals surface area contributed by atoms with Crippen LogP contribution in [0.25, 0.3) is 0 Å². The number of halogens is 2. The van der Waals surface area contributed by atoms with Gasteiger partial charge in [-0.15, -0.1) is 5.10 Å². The molecule has 4 rings (SSSR count). The highest BCUT2D eigenvalue weighted by atomic mass is 19.1. The largest absolute Gasteiger partial charge is 0.287 e. The highest BCUT2D eigenvalue weighted by Crippen LogP contribution is 2.26. The van der Waals surface area contributed by atoms with Gasteiger partial charge in [0, 0.05) is 17.2 Å². The van der Waals surface area contributed by atoms with Crippen molar-refractivity contribution in [3.05, 3.63) is 82.2 Å². The molecule has 1 aromatic heterocycles. The van der Waals surface area contributed by atoms with Gasteiger partial charge in [-0.1, -0.05) is 29.5 Å².